The third-order valence-corrected chi connectivity index (χ3v) is 10.4. The minimum absolute atomic E-state index is 0.0273. The zero-order chi connectivity index (χ0) is 27.9. The lowest BCUT2D eigenvalue weighted by molar-refractivity contribution is -0.152. The van der Waals surface area contributed by atoms with Gasteiger partial charge in [0.05, 0.1) is 11.8 Å². The van der Waals surface area contributed by atoms with Crippen LogP contribution in [-0.4, -0.2) is 35.3 Å². The molecule has 1 aromatic carbocycles. The molecule has 3 fully saturated rings. The number of esters is 1. The molecular formula is C33H41NO5. The van der Waals surface area contributed by atoms with Gasteiger partial charge in [-0.25, -0.2) is 4.79 Å². The maximum absolute atomic E-state index is 13.2. The fourth-order valence-electron chi connectivity index (χ4n) is 8.44. The molecule has 4 aliphatic carbocycles. The van der Waals surface area contributed by atoms with E-state index in [1.807, 2.05) is 24.3 Å². The number of allylic oxidation sites excluding steroid dienone is 2. The molecule has 6 nitrogen and oxygen atoms in total. The SMILES string of the molecule is C=Cc1ccc(O/N=C2\C=C3CCC4C(C(O)CC5(C)C4CC[C@@H]5C(=O)COC(=O)C(=C)C)C3(C)CC2)cc1. The number of fused-ring (bicyclic) bond motifs is 5. The van der Waals surface area contributed by atoms with Crippen molar-refractivity contribution in [1.82, 2.24) is 0 Å². The van der Waals surface area contributed by atoms with Gasteiger partial charge in [0.15, 0.2) is 18.1 Å². The van der Waals surface area contributed by atoms with Crippen molar-refractivity contribution in [3.63, 3.8) is 0 Å². The zero-order valence-electron chi connectivity index (χ0n) is 23.4. The highest BCUT2D eigenvalue weighted by molar-refractivity contribution is 5.96. The zero-order valence-corrected chi connectivity index (χ0v) is 23.4. The third kappa shape index (κ3) is 4.93. The fraction of sp³-hybridized carbons (Fsp3) is 0.545. The van der Waals surface area contributed by atoms with E-state index in [1.165, 1.54) is 5.57 Å². The van der Waals surface area contributed by atoms with Crippen LogP contribution < -0.4 is 4.84 Å². The highest BCUT2D eigenvalue weighted by Gasteiger charge is 2.62. The molecule has 0 amide bonds. The van der Waals surface area contributed by atoms with Crippen molar-refractivity contribution in [2.45, 2.75) is 71.8 Å². The van der Waals surface area contributed by atoms with E-state index >= 15 is 0 Å². The van der Waals surface area contributed by atoms with Gasteiger partial charge in [0.25, 0.3) is 0 Å². The van der Waals surface area contributed by atoms with Gasteiger partial charge in [0, 0.05) is 11.5 Å². The van der Waals surface area contributed by atoms with Crippen LogP contribution in [0.3, 0.4) is 0 Å². The lowest BCUT2D eigenvalue weighted by Crippen LogP contribution is -2.57. The van der Waals surface area contributed by atoms with Crippen molar-refractivity contribution in [2.75, 3.05) is 6.61 Å². The summed E-state index contributed by atoms with van der Waals surface area (Å²) in [6, 6.07) is 7.69. The standard InChI is InChI=1S/C33H41NO5/c1-6-21-7-10-24(11-8-21)39-34-23-15-16-32(4)22(17-23)9-12-25-26-13-14-27(29(36)19-38-31(37)20(2)3)33(26,5)18-28(35)30(25)32/h6-8,10-11,17,25-28,30,35H,1-2,9,12-16,18-19H2,3-5H3/b34-23-/t25?,26?,27-,28?,30?,32?,33?/m1/s1. The van der Waals surface area contributed by atoms with Crippen molar-refractivity contribution in [2.24, 2.45) is 39.7 Å². The maximum Gasteiger partial charge on any atom is 0.333 e. The van der Waals surface area contributed by atoms with Gasteiger partial charge in [-0.2, -0.15) is 0 Å². The number of carbonyl (C=O) groups is 2. The number of hydrogen-bond donors (Lipinski definition) is 1. The highest BCUT2D eigenvalue weighted by atomic mass is 16.6. The first-order chi connectivity index (χ1) is 18.6. The lowest BCUT2D eigenvalue weighted by Gasteiger charge is -2.59. The number of aliphatic hydroxyl groups excluding tert-OH is 1. The van der Waals surface area contributed by atoms with E-state index in [1.54, 1.807) is 13.0 Å². The van der Waals surface area contributed by atoms with Gasteiger partial charge in [-0.05, 0) is 104 Å². The molecule has 39 heavy (non-hydrogen) atoms. The van der Waals surface area contributed by atoms with Crippen LogP contribution in [0.15, 0.2) is 59.8 Å². The van der Waals surface area contributed by atoms with E-state index in [0.29, 0.717) is 29.6 Å². The fourth-order valence-corrected chi connectivity index (χ4v) is 8.44. The van der Waals surface area contributed by atoms with Gasteiger partial charge in [0.1, 0.15) is 0 Å². The summed E-state index contributed by atoms with van der Waals surface area (Å²) in [7, 11) is 0. The summed E-state index contributed by atoms with van der Waals surface area (Å²) in [5, 5.41) is 16.1. The Balaban J connectivity index is 1.31. The number of benzene rings is 1. The van der Waals surface area contributed by atoms with Crippen molar-refractivity contribution in [3.05, 3.63) is 60.2 Å². The molecule has 4 aliphatic rings. The van der Waals surface area contributed by atoms with Crippen LogP contribution in [0.2, 0.25) is 0 Å². The molecule has 3 saturated carbocycles. The van der Waals surface area contributed by atoms with Crippen LogP contribution in [-0.2, 0) is 14.3 Å². The third-order valence-electron chi connectivity index (χ3n) is 10.4. The average molecular weight is 532 g/mol. The second-order valence-corrected chi connectivity index (χ2v) is 12.6. The second kappa shape index (κ2) is 10.5. The molecule has 0 bridgehead atoms. The molecule has 0 saturated heterocycles. The molecule has 6 unspecified atom stereocenters. The van der Waals surface area contributed by atoms with Gasteiger partial charge < -0.3 is 14.7 Å². The number of ether oxygens (including phenoxy) is 1. The lowest BCUT2D eigenvalue weighted by atomic mass is 9.46. The van der Waals surface area contributed by atoms with E-state index in [2.05, 4.69) is 38.2 Å². The molecule has 7 atom stereocenters. The molecular weight excluding hydrogens is 490 g/mol. The monoisotopic (exact) mass is 531 g/mol. The minimum Gasteiger partial charge on any atom is -0.454 e. The Morgan fingerprint density at radius 2 is 1.90 bits per heavy atom. The summed E-state index contributed by atoms with van der Waals surface area (Å²) in [5.41, 5.74) is 3.27. The van der Waals surface area contributed by atoms with Gasteiger partial charge in [-0.3, -0.25) is 4.79 Å². The molecule has 1 aromatic rings. The number of ketones is 1. The van der Waals surface area contributed by atoms with E-state index in [0.717, 1.165) is 49.8 Å². The molecule has 0 aliphatic heterocycles. The number of Topliss-reactive ketones (excluding diaryl/α,β-unsaturated/α-hetero) is 1. The first-order valence-electron chi connectivity index (χ1n) is 14.3. The summed E-state index contributed by atoms with van der Waals surface area (Å²) in [6.45, 7) is 13.3. The molecule has 0 aromatic heterocycles. The summed E-state index contributed by atoms with van der Waals surface area (Å²) < 4.78 is 5.21. The number of rotatable bonds is 7. The molecule has 1 N–H and O–H groups in total. The van der Waals surface area contributed by atoms with Crippen molar-refractivity contribution < 1.29 is 24.3 Å². The van der Waals surface area contributed by atoms with E-state index in [4.69, 9.17) is 9.57 Å². The predicted molar refractivity (Wildman–Crippen MR) is 152 cm³/mol. The van der Waals surface area contributed by atoms with Gasteiger partial charge in [-0.1, -0.05) is 55.9 Å². The summed E-state index contributed by atoms with van der Waals surface area (Å²) >= 11 is 0. The number of nitrogens with zero attached hydrogens (tertiary/aromatic N) is 1. The Bertz CT molecular complexity index is 1230. The van der Waals surface area contributed by atoms with Crippen LogP contribution in [0, 0.1) is 34.5 Å². The molecule has 208 valence electrons. The Morgan fingerprint density at radius 3 is 2.59 bits per heavy atom. The van der Waals surface area contributed by atoms with E-state index in [9.17, 15) is 14.7 Å². The smallest absolute Gasteiger partial charge is 0.333 e. The van der Waals surface area contributed by atoms with E-state index < -0.39 is 12.1 Å². The number of oxime groups is 1. The number of hydrogen-bond acceptors (Lipinski definition) is 6. The molecule has 0 spiro atoms. The van der Waals surface area contributed by atoms with Crippen LogP contribution in [0.5, 0.6) is 5.75 Å². The Labute approximate surface area is 231 Å². The normalized spacial score (nSPS) is 36.2. The largest absolute Gasteiger partial charge is 0.454 e. The highest BCUT2D eigenvalue weighted by Crippen LogP contribution is 2.66. The Hall–Kier alpha value is -2.99. The molecule has 0 radical (unpaired) electrons. The topological polar surface area (TPSA) is 85.2 Å². The quantitative estimate of drug-likeness (QED) is 0.253. The average Bonchev–Trinajstić information content (AvgIpc) is 3.26. The van der Waals surface area contributed by atoms with Crippen LogP contribution in [0.25, 0.3) is 6.08 Å². The number of aliphatic hydroxyl groups is 1. The Kier molecular flexibility index (Phi) is 7.45. The molecule has 0 heterocycles. The molecule has 6 heteroatoms. The van der Waals surface area contributed by atoms with Crippen LogP contribution >= 0.6 is 0 Å². The van der Waals surface area contributed by atoms with Gasteiger partial charge in [-0.15, -0.1) is 0 Å². The van der Waals surface area contributed by atoms with Crippen LogP contribution in [0.4, 0.5) is 0 Å². The number of carbonyl (C=O) groups excluding carboxylic acids is 2. The van der Waals surface area contributed by atoms with Crippen molar-refractivity contribution >= 4 is 23.5 Å². The summed E-state index contributed by atoms with van der Waals surface area (Å²) in [6.07, 6.45) is 9.62. The van der Waals surface area contributed by atoms with Gasteiger partial charge in [0.2, 0.25) is 0 Å². The van der Waals surface area contributed by atoms with Crippen molar-refractivity contribution in [1.29, 1.82) is 0 Å². The first kappa shape index (κ1) is 27.6. The minimum atomic E-state index is -0.525. The van der Waals surface area contributed by atoms with Crippen LogP contribution in [0.1, 0.15) is 71.3 Å². The summed E-state index contributed by atoms with van der Waals surface area (Å²) in [5.74, 6) is 0.873. The maximum atomic E-state index is 13.2. The first-order valence-corrected chi connectivity index (χ1v) is 14.3. The molecule has 5 rings (SSSR count). The van der Waals surface area contributed by atoms with Gasteiger partial charge >= 0.3 is 5.97 Å². The predicted octanol–water partition coefficient (Wildman–Crippen LogP) is 6.30. The van der Waals surface area contributed by atoms with Crippen molar-refractivity contribution in [3.8, 4) is 5.75 Å². The second-order valence-electron chi connectivity index (χ2n) is 12.6. The van der Waals surface area contributed by atoms with E-state index in [-0.39, 0.29) is 35.1 Å². The summed E-state index contributed by atoms with van der Waals surface area (Å²) in [4.78, 5) is 30.8. The Morgan fingerprint density at radius 1 is 1.15 bits per heavy atom.